The van der Waals surface area contributed by atoms with Gasteiger partial charge in [0.2, 0.25) is 0 Å². The van der Waals surface area contributed by atoms with Crippen LogP contribution in [-0.2, 0) is 5.41 Å². The van der Waals surface area contributed by atoms with Gasteiger partial charge in [-0.25, -0.2) is 0 Å². The van der Waals surface area contributed by atoms with Crippen LogP contribution in [0.4, 0.5) is 0 Å². The van der Waals surface area contributed by atoms with Gasteiger partial charge in [0, 0.05) is 39.6 Å². The fraction of sp³-hybridized carbons (Fsp3) is 0.304. The monoisotopic (exact) mass is 330 g/mol. The summed E-state index contributed by atoms with van der Waals surface area (Å²) in [4.78, 5) is 7.02. The van der Waals surface area contributed by atoms with Crippen molar-refractivity contribution in [2.45, 2.75) is 44.9 Å². The number of fused-ring (bicyclic) bond motifs is 2. The van der Waals surface area contributed by atoms with Gasteiger partial charge in [-0.2, -0.15) is 0 Å². The molecule has 0 aliphatic rings. The van der Waals surface area contributed by atoms with Crippen LogP contribution in [0, 0.1) is 0 Å². The number of hydrogen-bond donors (Lipinski definition) is 2. The van der Waals surface area contributed by atoms with Gasteiger partial charge >= 0.3 is 0 Å². The molecule has 0 atom stereocenters. The summed E-state index contributed by atoms with van der Waals surface area (Å²) in [6, 6.07) is 17.4. The van der Waals surface area contributed by atoms with Crippen LogP contribution in [-0.4, -0.2) is 9.97 Å². The molecule has 0 saturated carbocycles. The van der Waals surface area contributed by atoms with Crippen LogP contribution >= 0.6 is 0 Å². The molecule has 2 heterocycles. The Morgan fingerprint density at radius 1 is 0.680 bits per heavy atom. The maximum absolute atomic E-state index is 3.51. The lowest BCUT2D eigenvalue weighted by Crippen LogP contribution is -2.27. The SMILES string of the molecule is CCCC(CCC)(c1c[nH]c2ccccc12)c1c[nH]c2ccccc12. The molecule has 2 nitrogen and oxygen atoms in total. The van der Waals surface area contributed by atoms with E-state index in [2.05, 4.69) is 84.7 Å². The Kier molecular flexibility index (Phi) is 4.12. The fourth-order valence-corrected chi connectivity index (χ4v) is 4.60. The highest BCUT2D eigenvalue weighted by Crippen LogP contribution is 2.46. The van der Waals surface area contributed by atoms with Crippen molar-refractivity contribution in [3.8, 4) is 0 Å². The number of para-hydroxylation sites is 2. The van der Waals surface area contributed by atoms with Crippen LogP contribution in [0.5, 0.6) is 0 Å². The molecule has 0 aliphatic carbocycles. The predicted octanol–water partition coefficient (Wildman–Crippen LogP) is 6.54. The third-order valence-corrected chi connectivity index (χ3v) is 5.56. The van der Waals surface area contributed by atoms with E-state index in [1.54, 1.807) is 0 Å². The van der Waals surface area contributed by atoms with E-state index >= 15 is 0 Å². The molecule has 0 bridgehead atoms. The second-order valence-electron chi connectivity index (χ2n) is 7.08. The van der Waals surface area contributed by atoms with Crippen molar-refractivity contribution in [3.63, 3.8) is 0 Å². The molecule has 2 heteroatoms. The molecule has 128 valence electrons. The number of H-pyrrole nitrogens is 2. The van der Waals surface area contributed by atoms with Gasteiger partial charge in [0.15, 0.2) is 0 Å². The van der Waals surface area contributed by atoms with E-state index in [1.807, 2.05) is 0 Å². The van der Waals surface area contributed by atoms with Crippen LogP contribution in [0.2, 0.25) is 0 Å². The number of rotatable bonds is 6. The van der Waals surface area contributed by atoms with E-state index in [9.17, 15) is 0 Å². The summed E-state index contributed by atoms with van der Waals surface area (Å²) in [5.74, 6) is 0. The maximum Gasteiger partial charge on any atom is 0.0457 e. The van der Waals surface area contributed by atoms with Crippen molar-refractivity contribution in [1.29, 1.82) is 0 Å². The van der Waals surface area contributed by atoms with E-state index < -0.39 is 0 Å². The van der Waals surface area contributed by atoms with Gasteiger partial charge < -0.3 is 9.97 Å². The first kappa shape index (κ1) is 16.0. The molecule has 2 aromatic carbocycles. The number of benzene rings is 2. The standard InChI is InChI=1S/C23H26N2/c1-3-13-23(14-4-2,19-15-24-21-11-7-5-9-17(19)21)20-16-25-22-12-8-6-10-18(20)22/h5-12,15-16,24-25H,3-4,13-14H2,1-2H3. The lowest BCUT2D eigenvalue weighted by molar-refractivity contribution is 0.432. The highest BCUT2D eigenvalue weighted by atomic mass is 14.7. The quantitative estimate of drug-likeness (QED) is 0.402. The Labute approximate surface area is 149 Å². The lowest BCUT2D eigenvalue weighted by Gasteiger charge is -2.34. The van der Waals surface area contributed by atoms with Crippen LogP contribution in [0.3, 0.4) is 0 Å². The molecule has 0 unspecified atom stereocenters. The fourth-order valence-electron chi connectivity index (χ4n) is 4.60. The van der Waals surface area contributed by atoms with Crippen molar-refractivity contribution in [2.24, 2.45) is 0 Å². The zero-order valence-corrected chi connectivity index (χ0v) is 15.1. The van der Waals surface area contributed by atoms with E-state index in [0.29, 0.717) is 0 Å². The summed E-state index contributed by atoms with van der Waals surface area (Å²) in [6.07, 6.45) is 9.14. The molecular weight excluding hydrogens is 304 g/mol. The lowest BCUT2D eigenvalue weighted by atomic mass is 9.68. The van der Waals surface area contributed by atoms with Crippen molar-refractivity contribution in [2.75, 3.05) is 0 Å². The minimum Gasteiger partial charge on any atom is -0.361 e. The number of nitrogens with one attached hydrogen (secondary N) is 2. The average Bonchev–Trinajstić information content (AvgIpc) is 3.26. The summed E-state index contributed by atoms with van der Waals surface area (Å²) in [7, 11) is 0. The van der Waals surface area contributed by atoms with Crippen molar-refractivity contribution >= 4 is 21.8 Å². The third-order valence-electron chi connectivity index (χ3n) is 5.56. The van der Waals surface area contributed by atoms with Gasteiger partial charge in [0.05, 0.1) is 0 Å². The van der Waals surface area contributed by atoms with Gasteiger partial charge in [-0.15, -0.1) is 0 Å². The van der Waals surface area contributed by atoms with Crippen molar-refractivity contribution < 1.29 is 0 Å². The molecule has 4 aromatic rings. The molecule has 2 N–H and O–H groups in total. The van der Waals surface area contributed by atoms with Crippen LogP contribution in [0.15, 0.2) is 60.9 Å². The molecule has 0 saturated heterocycles. The van der Waals surface area contributed by atoms with Gasteiger partial charge in [-0.05, 0) is 36.1 Å². The normalized spacial score (nSPS) is 12.2. The van der Waals surface area contributed by atoms with Gasteiger partial charge in [-0.1, -0.05) is 63.1 Å². The van der Waals surface area contributed by atoms with Crippen molar-refractivity contribution in [3.05, 3.63) is 72.1 Å². The molecule has 25 heavy (non-hydrogen) atoms. The Hall–Kier alpha value is -2.48. The molecule has 4 rings (SSSR count). The van der Waals surface area contributed by atoms with E-state index in [0.717, 1.165) is 12.8 Å². The second kappa shape index (κ2) is 6.44. The summed E-state index contributed by atoms with van der Waals surface area (Å²) in [5.41, 5.74) is 5.39. The van der Waals surface area contributed by atoms with E-state index in [-0.39, 0.29) is 5.41 Å². The minimum absolute atomic E-state index is 0.0444. The predicted molar refractivity (Wildman–Crippen MR) is 107 cm³/mol. The number of aromatic amines is 2. The Morgan fingerprint density at radius 2 is 1.12 bits per heavy atom. The Morgan fingerprint density at radius 3 is 1.56 bits per heavy atom. The number of hydrogen-bond acceptors (Lipinski definition) is 0. The first-order valence-electron chi connectivity index (χ1n) is 9.43. The second-order valence-corrected chi connectivity index (χ2v) is 7.08. The minimum atomic E-state index is 0.0444. The average molecular weight is 330 g/mol. The Bertz CT molecular complexity index is 907. The molecule has 0 fully saturated rings. The van der Waals surface area contributed by atoms with E-state index in [4.69, 9.17) is 0 Å². The molecule has 2 aromatic heterocycles. The summed E-state index contributed by atoms with van der Waals surface area (Å²) in [6.45, 7) is 4.60. The van der Waals surface area contributed by atoms with Crippen LogP contribution < -0.4 is 0 Å². The van der Waals surface area contributed by atoms with Crippen molar-refractivity contribution in [1.82, 2.24) is 9.97 Å². The molecule has 0 radical (unpaired) electrons. The first-order valence-corrected chi connectivity index (χ1v) is 9.43. The molecule has 0 amide bonds. The largest absolute Gasteiger partial charge is 0.361 e. The summed E-state index contributed by atoms with van der Waals surface area (Å²) >= 11 is 0. The molecular formula is C23H26N2. The highest BCUT2D eigenvalue weighted by Gasteiger charge is 2.36. The van der Waals surface area contributed by atoms with Crippen LogP contribution in [0.25, 0.3) is 21.8 Å². The first-order chi connectivity index (χ1) is 12.3. The molecule has 0 spiro atoms. The Balaban J connectivity index is 2.02. The molecule has 0 aliphatic heterocycles. The highest BCUT2D eigenvalue weighted by molar-refractivity contribution is 5.89. The smallest absolute Gasteiger partial charge is 0.0457 e. The van der Waals surface area contributed by atoms with Gasteiger partial charge in [0.25, 0.3) is 0 Å². The summed E-state index contributed by atoms with van der Waals surface area (Å²) < 4.78 is 0. The van der Waals surface area contributed by atoms with Gasteiger partial charge in [0.1, 0.15) is 0 Å². The summed E-state index contributed by atoms with van der Waals surface area (Å²) in [5, 5.41) is 2.71. The topological polar surface area (TPSA) is 31.6 Å². The van der Waals surface area contributed by atoms with Gasteiger partial charge in [-0.3, -0.25) is 0 Å². The van der Waals surface area contributed by atoms with Crippen LogP contribution in [0.1, 0.15) is 50.7 Å². The maximum atomic E-state index is 3.51. The zero-order valence-electron chi connectivity index (χ0n) is 15.1. The van der Waals surface area contributed by atoms with E-state index in [1.165, 1.54) is 45.8 Å². The number of aromatic nitrogens is 2. The third kappa shape index (κ3) is 2.48. The zero-order chi connectivity index (χ0) is 17.3.